The summed E-state index contributed by atoms with van der Waals surface area (Å²) in [5, 5.41) is 3.88. The van der Waals surface area contributed by atoms with Gasteiger partial charge in [-0.3, -0.25) is 9.78 Å². The van der Waals surface area contributed by atoms with Crippen molar-refractivity contribution in [3.05, 3.63) is 61.3 Å². The zero-order valence-corrected chi connectivity index (χ0v) is 21.3. The maximum atomic E-state index is 12.6. The van der Waals surface area contributed by atoms with Gasteiger partial charge in [-0.05, 0) is 88.8 Å². The van der Waals surface area contributed by atoms with Crippen LogP contribution in [0.5, 0.6) is 0 Å². The van der Waals surface area contributed by atoms with E-state index in [1.54, 1.807) is 0 Å². The topological polar surface area (TPSA) is 88.3 Å². The predicted molar refractivity (Wildman–Crippen MR) is 134 cm³/mol. The number of primary amides is 1. The Morgan fingerprint density at radius 2 is 1.88 bits per heavy atom. The van der Waals surface area contributed by atoms with Crippen molar-refractivity contribution in [2.45, 2.75) is 44.4 Å². The lowest BCUT2D eigenvalue weighted by molar-refractivity contribution is -0.132. The maximum absolute atomic E-state index is 12.6. The molecule has 6 nitrogen and oxygen atoms in total. The molecule has 4 rings (SSSR count). The largest absolute Gasteiger partial charge is 0.352 e. The highest BCUT2D eigenvalue weighted by Crippen LogP contribution is 2.46. The molecule has 1 atom stereocenters. The van der Waals surface area contributed by atoms with Crippen LogP contribution in [0.15, 0.2) is 28.9 Å². The summed E-state index contributed by atoms with van der Waals surface area (Å²) in [5.41, 5.74) is 9.72. The lowest BCUT2D eigenvalue weighted by Crippen LogP contribution is -2.40. The van der Waals surface area contributed by atoms with E-state index < -0.39 is 6.03 Å². The minimum absolute atomic E-state index is 0.0763. The van der Waals surface area contributed by atoms with Gasteiger partial charge in [-0.25, -0.2) is 4.79 Å². The first-order valence-corrected chi connectivity index (χ1v) is 12.8. The molecule has 0 bridgehead atoms. The van der Waals surface area contributed by atoms with Crippen molar-refractivity contribution in [3.8, 4) is 0 Å². The maximum Gasteiger partial charge on any atom is 0.312 e. The smallest absolute Gasteiger partial charge is 0.312 e. The van der Waals surface area contributed by atoms with Crippen LogP contribution in [0.4, 0.5) is 4.79 Å². The van der Waals surface area contributed by atoms with Crippen LogP contribution in [0.3, 0.4) is 0 Å². The van der Waals surface area contributed by atoms with Crippen molar-refractivity contribution >= 4 is 51.1 Å². The normalized spacial score (nSPS) is 18.3. The molecule has 33 heavy (non-hydrogen) atoms. The number of carbonyl (C=O) groups is 2. The Morgan fingerprint density at radius 3 is 2.61 bits per heavy atom. The van der Waals surface area contributed by atoms with E-state index in [1.807, 2.05) is 23.2 Å². The highest BCUT2D eigenvalue weighted by atomic mass is 79.9. The third-order valence-corrected chi connectivity index (χ3v) is 7.61. The molecule has 1 aliphatic carbocycles. The summed E-state index contributed by atoms with van der Waals surface area (Å²) in [7, 11) is 0. The molecule has 2 aliphatic rings. The number of rotatable bonds is 5. The van der Waals surface area contributed by atoms with Crippen molar-refractivity contribution in [1.82, 2.24) is 15.2 Å². The number of nitrogens with two attached hydrogens (primary N) is 1. The third kappa shape index (κ3) is 5.64. The number of hydrogen-bond donors (Lipinski definition) is 2. The Balaban J connectivity index is 1.53. The number of amides is 3. The Hall–Kier alpha value is -1.83. The number of hydrogen-bond acceptors (Lipinski definition) is 3. The van der Waals surface area contributed by atoms with Crippen LogP contribution in [0, 0.1) is 5.92 Å². The van der Waals surface area contributed by atoms with Gasteiger partial charge in [-0.1, -0.05) is 23.2 Å². The standard InChI is InChI=1S/C24H27BrCl2N4O2/c25-17-10-16-4-3-15-11-18(26)12-19(27)21(15)22(23(16)30-13-17)14-5-8-31(9-6-14)20(32)2-1-7-29-24(28)33/h10-14,22H,1-9H2,(H3,28,29,33). The molecule has 2 aromatic rings. The fraction of sp³-hybridized carbons (Fsp3) is 0.458. The molecule has 1 aromatic carbocycles. The molecule has 1 unspecified atom stereocenters. The minimum atomic E-state index is -0.562. The van der Waals surface area contributed by atoms with E-state index in [1.165, 1.54) is 11.1 Å². The molecule has 2 heterocycles. The third-order valence-electron chi connectivity index (χ3n) is 6.65. The van der Waals surface area contributed by atoms with Gasteiger partial charge >= 0.3 is 6.03 Å². The fourth-order valence-corrected chi connectivity index (χ4v) is 6.15. The first kappa shape index (κ1) is 24.3. The van der Waals surface area contributed by atoms with Crippen LogP contribution < -0.4 is 11.1 Å². The van der Waals surface area contributed by atoms with Gasteiger partial charge in [0.05, 0.1) is 5.69 Å². The number of carbonyl (C=O) groups excluding carboxylic acids is 2. The number of urea groups is 1. The summed E-state index contributed by atoms with van der Waals surface area (Å²) in [4.78, 5) is 30.2. The van der Waals surface area contributed by atoms with Gasteiger partial charge in [0.15, 0.2) is 0 Å². The number of likely N-dealkylation sites (tertiary alicyclic amines) is 1. The molecule has 0 radical (unpaired) electrons. The summed E-state index contributed by atoms with van der Waals surface area (Å²) < 4.78 is 0.973. The molecule has 1 aliphatic heterocycles. The predicted octanol–water partition coefficient (Wildman–Crippen LogP) is 5.07. The van der Waals surface area contributed by atoms with Crippen LogP contribution in [0.25, 0.3) is 0 Å². The van der Waals surface area contributed by atoms with Gasteiger partial charge in [-0.15, -0.1) is 0 Å². The average molecular weight is 554 g/mol. The van der Waals surface area contributed by atoms with E-state index in [2.05, 4.69) is 27.3 Å². The molecule has 176 valence electrons. The van der Waals surface area contributed by atoms with E-state index >= 15 is 0 Å². The molecule has 9 heteroatoms. The molecule has 1 aromatic heterocycles. The van der Waals surface area contributed by atoms with Gasteiger partial charge in [0.2, 0.25) is 5.91 Å². The van der Waals surface area contributed by atoms with E-state index in [0.29, 0.717) is 48.4 Å². The van der Waals surface area contributed by atoms with Crippen molar-refractivity contribution < 1.29 is 9.59 Å². The quantitative estimate of drug-likeness (QED) is 0.507. The number of fused-ring (bicyclic) bond motifs is 2. The monoisotopic (exact) mass is 552 g/mol. The number of piperidine rings is 1. The summed E-state index contributed by atoms with van der Waals surface area (Å²) >= 11 is 16.7. The van der Waals surface area contributed by atoms with Gasteiger partial charge in [0.25, 0.3) is 0 Å². The Labute approximate surface area is 212 Å². The summed E-state index contributed by atoms with van der Waals surface area (Å²) in [6.07, 6.45) is 6.36. The molecule has 0 spiro atoms. The first-order valence-electron chi connectivity index (χ1n) is 11.3. The van der Waals surface area contributed by atoms with Crippen LogP contribution in [-0.2, 0) is 17.6 Å². The zero-order valence-electron chi connectivity index (χ0n) is 18.3. The van der Waals surface area contributed by atoms with E-state index in [0.717, 1.165) is 41.4 Å². The molecule has 3 amide bonds. The van der Waals surface area contributed by atoms with Crippen LogP contribution in [0.2, 0.25) is 10.0 Å². The van der Waals surface area contributed by atoms with Crippen LogP contribution in [-0.4, -0.2) is 41.5 Å². The van der Waals surface area contributed by atoms with Crippen LogP contribution >= 0.6 is 39.1 Å². The Morgan fingerprint density at radius 1 is 1.15 bits per heavy atom. The zero-order chi connectivity index (χ0) is 23.5. The Bertz CT molecular complexity index is 1060. The van der Waals surface area contributed by atoms with Crippen molar-refractivity contribution in [1.29, 1.82) is 0 Å². The summed E-state index contributed by atoms with van der Waals surface area (Å²) in [5.74, 6) is 0.522. The van der Waals surface area contributed by atoms with E-state index in [-0.39, 0.29) is 11.8 Å². The lowest BCUT2D eigenvalue weighted by atomic mass is 9.76. The number of nitrogens with zero attached hydrogens (tertiary/aromatic N) is 2. The van der Waals surface area contributed by atoms with Crippen molar-refractivity contribution in [3.63, 3.8) is 0 Å². The second-order valence-corrected chi connectivity index (χ2v) is 10.5. The molecule has 1 fully saturated rings. The molecule has 3 N–H and O–H groups in total. The second-order valence-electron chi connectivity index (χ2n) is 8.75. The van der Waals surface area contributed by atoms with Gasteiger partial charge in [-0.2, -0.15) is 0 Å². The number of halogens is 3. The SMILES string of the molecule is NC(=O)NCCCC(=O)N1CCC(C2c3ncc(Br)cc3CCc3cc(Cl)cc(Cl)c32)CC1. The van der Waals surface area contributed by atoms with Gasteiger partial charge in [0.1, 0.15) is 0 Å². The number of aromatic nitrogens is 1. The first-order chi connectivity index (χ1) is 15.8. The van der Waals surface area contributed by atoms with Gasteiger partial charge in [0, 0.05) is 52.7 Å². The highest BCUT2D eigenvalue weighted by Gasteiger charge is 2.36. The second kappa shape index (κ2) is 10.6. The van der Waals surface area contributed by atoms with Crippen LogP contribution in [0.1, 0.15) is 54.0 Å². The number of benzene rings is 1. The number of nitrogens with one attached hydrogen (secondary N) is 1. The van der Waals surface area contributed by atoms with E-state index in [4.69, 9.17) is 33.9 Å². The highest BCUT2D eigenvalue weighted by molar-refractivity contribution is 9.10. The average Bonchev–Trinajstić information content (AvgIpc) is 2.93. The molecular weight excluding hydrogens is 527 g/mol. The summed E-state index contributed by atoms with van der Waals surface area (Å²) in [6.45, 7) is 1.82. The van der Waals surface area contributed by atoms with Crippen molar-refractivity contribution in [2.75, 3.05) is 19.6 Å². The molecule has 0 saturated carbocycles. The lowest BCUT2D eigenvalue weighted by Gasteiger charge is -2.37. The molecular formula is C24H27BrCl2N4O2. The Kier molecular flexibility index (Phi) is 7.82. The van der Waals surface area contributed by atoms with Gasteiger partial charge < -0.3 is 16.0 Å². The van der Waals surface area contributed by atoms with E-state index in [9.17, 15) is 9.59 Å². The van der Waals surface area contributed by atoms with Crippen molar-refractivity contribution in [2.24, 2.45) is 11.7 Å². The summed E-state index contributed by atoms with van der Waals surface area (Å²) in [6, 6.07) is 5.47. The minimum Gasteiger partial charge on any atom is -0.352 e. The number of aryl methyl sites for hydroxylation is 2. The molecule has 1 saturated heterocycles. The number of pyridine rings is 1. The fourth-order valence-electron chi connectivity index (χ4n) is 5.12.